The minimum absolute atomic E-state index is 0.691. The van der Waals surface area contributed by atoms with Crippen molar-refractivity contribution < 1.29 is 9.84 Å². The zero-order chi connectivity index (χ0) is 15.1. The maximum atomic E-state index is 10.5. The van der Waals surface area contributed by atoms with Gasteiger partial charge in [-0.1, -0.05) is 32.4 Å². The van der Waals surface area contributed by atoms with Gasteiger partial charge in [0.25, 0.3) is 0 Å². The molecule has 1 unspecified atom stereocenters. The second-order valence-corrected chi connectivity index (χ2v) is 5.15. The number of aryl methyl sites for hydroxylation is 1. The molecule has 0 aliphatic rings. The highest BCUT2D eigenvalue weighted by molar-refractivity contribution is 5.31. The summed E-state index contributed by atoms with van der Waals surface area (Å²) >= 11 is 0. The quantitative estimate of drug-likeness (QED) is 0.756. The van der Waals surface area contributed by atoms with E-state index in [1.54, 1.807) is 6.20 Å². The SMILES string of the molecule is CCCCOc1ccc(C(O)c2nccn2CCC)cc1. The summed E-state index contributed by atoms with van der Waals surface area (Å²) in [7, 11) is 0. The van der Waals surface area contributed by atoms with Crippen molar-refractivity contribution in [2.75, 3.05) is 6.61 Å². The highest BCUT2D eigenvalue weighted by atomic mass is 16.5. The average molecular weight is 288 g/mol. The molecule has 1 atom stereocenters. The highest BCUT2D eigenvalue weighted by Crippen LogP contribution is 2.23. The van der Waals surface area contributed by atoms with Crippen molar-refractivity contribution in [2.45, 2.75) is 45.8 Å². The van der Waals surface area contributed by atoms with Crippen molar-refractivity contribution in [3.8, 4) is 5.75 Å². The summed E-state index contributed by atoms with van der Waals surface area (Å²) in [6, 6.07) is 7.61. The minimum Gasteiger partial charge on any atom is -0.494 e. The molecular weight excluding hydrogens is 264 g/mol. The van der Waals surface area contributed by atoms with Crippen LogP contribution in [0, 0.1) is 0 Å². The van der Waals surface area contributed by atoms with Crippen LogP contribution in [0.2, 0.25) is 0 Å². The topological polar surface area (TPSA) is 47.3 Å². The lowest BCUT2D eigenvalue weighted by atomic mass is 10.1. The van der Waals surface area contributed by atoms with E-state index in [1.807, 2.05) is 35.0 Å². The van der Waals surface area contributed by atoms with Gasteiger partial charge in [-0.25, -0.2) is 4.98 Å². The molecular formula is C17H24N2O2. The fourth-order valence-corrected chi connectivity index (χ4v) is 2.23. The summed E-state index contributed by atoms with van der Waals surface area (Å²) in [5.74, 6) is 1.54. The number of rotatable bonds is 8. The monoisotopic (exact) mass is 288 g/mol. The van der Waals surface area contributed by atoms with Gasteiger partial charge in [0, 0.05) is 18.9 Å². The van der Waals surface area contributed by atoms with Gasteiger partial charge >= 0.3 is 0 Å². The molecule has 0 fully saturated rings. The third-order valence-corrected chi connectivity index (χ3v) is 3.42. The van der Waals surface area contributed by atoms with Crippen LogP contribution in [0.15, 0.2) is 36.7 Å². The smallest absolute Gasteiger partial charge is 0.142 e. The maximum Gasteiger partial charge on any atom is 0.142 e. The lowest BCUT2D eigenvalue weighted by molar-refractivity contribution is 0.204. The molecule has 0 aliphatic heterocycles. The molecule has 1 heterocycles. The molecule has 2 rings (SSSR count). The molecule has 0 amide bonds. The van der Waals surface area contributed by atoms with Crippen molar-refractivity contribution in [3.05, 3.63) is 48.0 Å². The van der Waals surface area contributed by atoms with Crippen LogP contribution in [-0.4, -0.2) is 21.3 Å². The van der Waals surface area contributed by atoms with Crippen LogP contribution in [0.1, 0.15) is 50.6 Å². The molecule has 0 bridgehead atoms. The predicted octanol–water partition coefficient (Wildman–Crippen LogP) is 3.55. The van der Waals surface area contributed by atoms with Gasteiger partial charge in [0.05, 0.1) is 6.61 Å². The van der Waals surface area contributed by atoms with Crippen LogP contribution in [0.25, 0.3) is 0 Å². The number of aliphatic hydroxyl groups excluding tert-OH is 1. The fourth-order valence-electron chi connectivity index (χ4n) is 2.23. The van der Waals surface area contributed by atoms with Crippen LogP contribution in [-0.2, 0) is 6.54 Å². The van der Waals surface area contributed by atoms with Crippen LogP contribution >= 0.6 is 0 Å². The van der Waals surface area contributed by atoms with Gasteiger partial charge in [-0.15, -0.1) is 0 Å². The van der Waals surface area contributed by atoms with E-state index in [2.05, 4.69) is 18.8 Å². The number of unbranched alkanes of at least 4 members (excludes halogenated alkanes) is 1. The highest BCUT2D eigenvalue weighted by Gasteiger charge is 2.15. The van der Waals surface area contributed by atoms with Gasteiger partial charge in [0.15, 0.2) is 0 Å². The molecule has 0 spiro atoms. The number of ether oxygens (including phenoxy) is 1. The Morgan fingerprint density at radius 3 is 2.62 bits per heavy atom. The number of hydrogen-bond donors (Lipinski definition) is 1. The molecule has 1 aromatic heterocycles. The van der Waals surface area contributed by atoms with Gasteiger partial charge < -0.3 is 14.4 Å². The summed E-state index contributed by atoms with van der Waals surface area (Å²) in [5, 5.41) is 10.5. The van der Waals surface area contributed by atoms with Crippen LogP contribution < -0.4 is 4.74 Å². The Morgan fingerprint density at radius 2 is 1.95 bits per heavy atom. The van der Waals surface area contributed by atoms with Gasteiger partial charge in [0.2, 0.25) is 0 Å². The Labute approximate surface area is 126 Å². The number of hydrogen-bond acceptors (Lipinski definition) is 3. The number of benzene rings is 1. The largest absolute Gasteiger partial charge is 0.494 e. The van der Waals surface area contributed by atoms with E-state index in [1.165, 1.54) is 0 Å². The molecule has 21 heavy (non-hydrogen) atoms. The van der Waals surface area contributed by atoms with Crippen LogP contribution in [0.4, 0.5) is 0 Å². The summed E-state index contributed by atoms with van der Waals surface area (Å²) in [5.41, 5.74) is 0.835. The maximum absolute atomic E-state index is 10.5. The standard InChI is InChI=1S/C17H24N2O2/c1-3-5-13-21-15-8-6-14(7-9-15)16(20)17-18-10-12-19(17)11-4-2/h6-10,12,16,20H,3-5,11,13H2,1-2H3. The molecule has 0 saturated carbocycles. The van der Waals surface area contributed by atoms with Crippen molar-refractivity contribution in [1.82, 2.24) is 9.55 Å². The van der Waals surface area contributed by atoms with Crippen molar-refractivity contribution in [3.63, 3.8) is 0 Å². The van der Waals surface area contributed by atoms with Crippen LogP contribution in [0.3, 0.4) is 0 Å². The summed E-state index contributed by atoms with van der Waals surface area (Å²) in [6.45, 7) is 5.85. The first kappa shape index (κ1) is 15.6. The van der Waals surface area contributed by atoms with E-state index >= 15 is 0 Å². The van der Waals surface area contributed by atoms with Gasteiger partial charge in [-0.3, -0.25) is 0 Å². The molecule has 1 aromatic carbocycles. The van der Waals surface area contributed by atoms with E-state index in [0.717, 1.165) is 43.7 Å². The Bertz CT molecular complexity index is 534. The van der Waals surface area contributed by atoms with Gasteiger partial charge in [-0.2, -0.15) is 0 Å². The van der Waals surface area contributed by atoms with E-state index in [9.17, 15) is 5.11 Å². The van der Waals surface area contributed by atoms with Crippen LogP contribution in [0.5, 0.6) is 5.75 Å². The second kappa shape index (κ2) is 7.84. The predicted molar refractivity (Wildman–Crippen MR) is 83.4 cm³/mol. The molecule has 4 nitrogen and oxygen atoms in total. The first-order valence-corrected chi connectivity index (χ1v) is 7.68. The molecule has 4 heteroatoms. The zero-order valence-electron chi connectivity index (χ0n) is 12.8. The van der Waals surface area contributed by atoms with E-state index in [-0.39, 0.29) is 0 Å². The summed E-state index contributed by atoms with van der Waals surface area (Å²) in [4.78, 5) is 4.28. The Kier molecular flexibility index (Phi) is 5.81. The molecule has 2 aromatic rings. The molecule has 0 radical (unpaired) electrons. The Hall–Kier alpha value is -1.81. The first-order valence-electron chi connectivity index (χ1n) is 7.68. The Morgan fingerprint density at radius 1 is 1.19 bits per heavy atom. The first-order chi connectivity index (χ1) is 10.3. The van der Waals surface area contributed by atoms with E-state index < -0.39 is 6.10 Å². The molecule has 0 saturated heterocycles. The third kappa shape index (κ3) is 4.08. The van der Waals surface area contributed by atoms with E-state index in [4.69, 9.17) is 4.74 Å². The number of aliphatic hydroxyl groups is 1. The van der Waals surface area contributed by atoms with E-state index in [0.29, 0.717) is 5.82 Å². The molecule has 114 valence electrons. The number of aromatic nitrogens is 2. The van der Waals surface area contributed by atoms with Crippen molar-refractivity contribution >= 4 is 0 Å². The Balaban J connectivity index is 2.05. The molecule has 0 aliphatic carbocycles. The minimum atomic E-state index is -0.698. The third-order valence-electron chi connectivity index (χ3n) is 3.42. The second-order valence-electron chi connectivity index (χ2n) is 5.15. The average Bonchev–Trinajstić information content (AvgIpc) is 2.96. The number of nitrogens with zero attached hydrogens (tertiary/aromatic N) is 2. The normalized spacial score (nSPS) is 12.3. The molecule has 1 N–H and O–H groups in total. The van der Waals surface area contributed by atoms with Gasteiger partial charge in [-0.05, 0) is 30.5 Å². The lowest BCUT2D eigenvalue weighted by Gasteiger charge is -2.14. The summed E-state index contributed by atoms with van der Waals surface area (Å²) < 4.78 is 7.63. The number of imidazole rings is 1. The van der Waals surface area contributed by atoms with Crippen molar-refractivity contribution in [2.24, 2.45) is 0 Å². The van der Waals surface area contributed by atoms with Gasteiger partial charge in [0.1, 0.15) is 17.7 Å². The summed E-state index contributed by atoms with van der Waals surface area (Å²) in [6.07, 6.45) is 6.13. The van der Waals surface area contributed by atoms with Crippen molar-refractivity contribution in [1.29, 1.82) is 0 Å². The zero-order valence-corrected chi connectivity index (χ0v) is 12.8. The fraction of sp³-hybridized carbons (Fsp3) is 0.471. The lowest BCUT2D eigenvalue weighted by Crippen LogP contribution is -2.09.